The number of benzene rings is 1. The SMILES string of the molecule is CCCCc1ccc2nc(NC(=O)c3cnc4sccn4c3=O)sc2c1. The lowest BCUT2D eigenvalue weighted by Crippen LogP contribution is -2.25. The predicted octanol–water partition coefficient (Wildman–Crippen LogP) is 3.96. The van der Waals surface area contributed by atoms with E-state index in [0.29, 0.717) is 10.1 Å². The second kappa shape index (κ2) is 6.97. The highest BCUT2D eigenvalue weighted by atomic mass is 32.1. The number of anilines is 1. The smallest absolute Gasteiger partial charge is 0.271 e. The summed E-state index contributed by atoms with van der Waals surface area (Å²) in [5, 5.41) is 4.96. The summed E-state index contributed by atoms with van der Waals surface area (Å²) in [6, 6.07) is 6.16. The van der Waals surface area contributed by atoms with Gasteiger partial charge in [-0.3, -0.25) is 19.3 Å². The van der Waals surface area contributed by atoms with Gasteiger partial charge in [-0.15, -0.1) is 11.3 Å². The number of hydrogen-bond acceptors (Lipinski definition) is 6. The van der Waals surface area contributed by atoms with Gasteiger partial charge < -0.3 is 0 Å². The van der Waals surface area contributed by atoms with Gasteiger partial charge >= 0.3 is 0 Å². The van der Waals surface area contributed by atoms with E-state index in [1.54, 1.807) is 11.6 Å². The van der Waals surface area contributed by atoms with Gasteiger partial charge in [0.05, 0.1) is 10.2 Å². The fourth-order valence-electron chi connectivity index (χ4n) is 2.70. The molecule has 0 aliphatic heterocycles. The van der Waals surface area contributed by atoms with Gasteiger partial charge in [0.1, 0.15) is 5.56 Å². The summed E-state index contributed by atoms with van der Waals surface area (Å²) < 4.78 is 2.40. The highest BCUT2D eigenvalue weighted by Gasteiger charge is 2.16. The molecule has 0 bridgehead atoms. The molecule has 8 heteroatoms. The Kier molecular flexibility index (Phi) is 4.52. The quantitative estimate of drug-likeness (QED) is 0.565. The number of fused-ring (bicyclic) bond motifs is 2. The number of rotatable bonds is 5. The Morgan fingerprint density at radius 2 is 2.23 bits per heavy atom. The zero-order valence-electron chi connectivity index (χ0n) is 14.1. The van der Waals surface area contributed by atoms with E-state index in [9.17, 15) is 9.59 Å². The average molecular weight is 384 g/mol. The molecule has 132 valence electrons. The predicted molar refractivity (Wildman–Crippen MR) is 106 cm³/mol. The minimum atomic E-state index is -0.492. The van der Waals surface area contributed by atoms with E-state index in [2.05, 4.69) is 34.3 Å². The molecule has 4 rings (SSSR count). The lowest BCUT2D eigenvalue weighted by atomic mass is 10.1. The van der Waals surface area contributed by atoms with E-state index in [0.717, 1.165) is 29.5 Å². The molecule has 4 aromatic rings. The number of hydrogen-bond donors (Lipinski definition) is 1. The van der Waals surface area contributed by atoms with Crippen LogP contribution in [0, 0.1) is 0 Å². The van der Waals surface area contributed by atoms with Crippen molar-refractivity contribution in [2.75, 3.05) is 5.32 Å². The lowest BCUT2D eigenvalue weighted by molar-refractivity contribution is 0.102. The van der Waals surface area contributed by atoms with Crippen LogP contribution in [0.15, 0.2) is 40.8 Å². The number of carbonyl (C=O) groups is 1. The Hall–Kier alpha value is -2.58. The molecule has 0 spiro atoms. The van der Waals surface area contributed by atoms with Gasteiger partial charge in [-0.1, -0.05) is 30.7 Å². The van der Waals surface area contributed by atoms with Crippen molar-refractivity contribution in [3.8, 4) is 0 Å². The van der Waals surface area contributed by atoms with Crippen molar-refractivity contribution >= 4 is 48.9 Å². The summed E-state index contributed by atoms with van der Waals surface area (Å²) in [6.07, 6.45) is 6.27. The average Bonchev–Trinajstić information content (AvgIpc) is 3.26. The van der Waals surface area contributed by atoms with E-state index < -0.39 is 5.91 Å². The van der Waals surface area contributed by atoms with Gasteiger partial charge in [-0.2, -0.15) is 0 Å². The van der Waals surface area contributed by atoms with E-state index in [4.69, 9.17) is 0 Å². The van der Waals surface area contributed by atoms with Crippen LogP contribution in [0.25, 0.3) is 15.2 Å². The van der Waals surface area contributed by atoms with Crippen LogP contribution in [0.1, 0.15) is 35.7 Å². The number of nitrogens with zero attached hydrogens (tertiary/aromatic N) is 3. The molecule has 0 saturated carbocycles. The van der Waals surface area contributed by atoms with E-state index in [-0.39, 0.29) is 11.1 Å². The van der Waals surface area contributed by atoms with Gasteiger partial charge in [-0.25, -0.2) is 9.97 Å². The number of amides is 1. The number of thiazole rings is 2. The molecule has 0 atom stereocenters. The molecule has 0 aliphatic carbocycles. The van der Waals surface area contributed by atoms with Crippen LogP contribution < -0.4 is 10.9 Å². The summed E-state index contributed by atoms with van der Waals surface area (Å²) in [4.78, 5) is 34.0. The van der Waals surface area contributed by atoms with Crippen molar-refractivity contribution in [3.63, 3.8) is 0 Å². The Morgan fingerprint density at radius 3 is 3.08 bits per heavy atom. The minimum absolute atomic E-state index is 0.00351. The standard InChI is InChI=1S/C18H16N4O2S2/c1-2-3-4-11-5-6-13-14(9-11)26-17(20-13)21-15(23)12-10-19-18-22(16(12)24)7-8-25-18/h5-10H,2-4H2,1H3,(H,20,21,23). The maximum atomic E-state index is 12.5. The zero-order chi connectivity index (χ0) is 18.1. The van der Waals surface area contributed by atoms with E-state index in [1.807, 2.05) is 6.07 Å². The second-order valence-corrected chi connectivity index (χ2v) is 7.82. The Bertz CT molecular complexity index is 1160. The summed E-state index contributed by atoms with van der Waals surface area (Å²) in [5.74, 6) is -0.492. The van der Waals surface area contributed by atoms with Crippen molar-refractivity contribution in [1.29, 1.82) is 0 Å². The van der Waals surface area contributed by atoms with Crippen LogP contribution in [-0.2, 0) is 6.42 Å². The van der Waals surface area contributed by atoms with Crippen molar-refractivity contribution in [2.45, 2.75) is 26.2 Å². The van der Waals surface area contributed by atoms with Gasteiger partial charge in [0.2, 0.25) is 0 Å². The summed E-state index contributed by atoms with van der Waals surface area (Å²) in [5.41, 5.74) is 1.74. The van der Waals surface area contributed by atoms with Crippen molar-refractivity contribution in [3.05, 3.63) is 57.5 Å². The molecule has 6 nitrogen and oxygen atoms in total. The molecule has 0 radical (unpaired) electrons. The molecule has 1 amide bonds. The molecule has 1 aromatic carbocycles. The molecule has 0 aliphatic rings. The molecule has 0 fully saturated rings. The molecule has 3 aromatic heterocycles. The largest absolute Gasteiger partial charge is 0.298 e. The molecular formula is C18H16N4O2S2. The number of unbranched alkanes of at least 4 members (excludes halogenated alkanes) is 1. The molecule has 0 unspecified atom stereocenters. The Balaban J connectivity index is 1.60. The highest BCUT2D eigenvalue weighted by Crippen LogP contribution is 2.27. The van der Waals surface area contributed by atoms with Gasteiger partial charge in [0.25, 0.3) is 11.5 Å². The third-order valence-corrected chi connectivity index (χ3v) is 5.78. The fraction of sp³-hybridized carbons (Fsp3) is 0.222. The third-order valence-electron chi connectivity index (χ3n) is 4.08. The number of carbonyl (C=O) groups excluding carboxylic acids is 1. The molecule has 0 saturated heterocycles. The van der Waals surface area contributed by atoms with Crippen LogP contribution in [-0.4, -0.2) is 20.3 Å². The van der Waals surface area contributed by atoms with Gasteiger partial charge in [0.15, 0.2) is 10.1 Å². The maximum Gasteiger partial charge on any atom is 0.271 e. The van der Waals surface area contributed by atoms with Crippen LogP contribution >= 0.6 is 22.7 Å². The lowest BCUT2D eigenvalue weighted by Gasteiger charge is -2.01. The third kappa shape index (κ3) is 3.13. The molecular weight excluding hydrogens is 368 g/mol. The highest BCUT2D eigenvalue weighted by molar-refractivity contribution is 7.22. The first kappa shape index (κ1) is 16.9. The Labute approximate surface area is 157 Å². The first-order chi connectivity index (χ1) is 12.7. The van der Waals surface area contributed by atoms with Crippen molar-refractivity contribution in [1.82, 2.24) is 14.4 Å². The summed E-state index contributed by atoms with van der Waals surface area (Å²) in [6.45, 7) is 2.17. The Morgan fingerprint density at radius 1 is 1.35 bits per heavy atom. The number of aromatic nitrogens is 3. The number of nitrogens with one attached hydrogen (secondary N) is 1. The van der Waals surface area contributed by atoms with Crippen LogP contribution in [0.4, 0.5) is 5.13 Å². The van der Waals surface area contributed by atoms with E-state index >= 15 is 0 Å². The van der Waals surface area contributed by atoms with Crippen LogP contribution in [0.2, 0.25) is 0 Å². The number of aryl methyl sites for hydroxylation is 1. The molecule has 3 heterocycles. The normalized spacial score (nSPS) is 11.3. The van der Waals surface area contributed by atoms with Crippen LogP contribution in [0.5, 0.6) is 0 Å². The van der Waals surface area contributed by atoms with Crippen molar-refractivity contribution < 1.29 is 4.79 Å². The van der Waals surface area contributed by atoms with Gasteiger partial charge in [-0.05, 0) is 30.5 Å². The van der Waals surface area contributed by atoms with E-state index in [1.165, 1.54) is 38.8 Å². The fourth-order valence-corrected chi connectivity index (χ4v) is 4.30. The topological polar surface area (TPSA) is 76.4 Å². The summed E-state index contributed by atoms with van der Waals surface area (Å²) >= 11 is 2.75. The molecule has 1 N–H and O–H groups in total. The van der Waals surface area contributed by atoms with Gasteiger partial charge in [0, 0.05) is 17.8 Å². The monoisotopic (exact) mass is 384 g/mol. The van der Waals surface area contributed by atoms with Crippen molar-refractivity contribution in [2.24, 2.45) is 0 Å². The zero-order valence-corrected chi connectivity index (χ0v) is 15.7. The first-order valence-electron chi connectivity index (χ1n) is 8.31. The molecule has 26 heavy (non-hydrogen) atoms. The first-order valence-corrected chi connectivity index (χ1v) is 10.0. The van der Waals surface area contributed by atoms with Crippen LogP contribution in [0.3, 0.4) is 0 Å². The minimum Gasteiger partial charge on any atom is -0.298 e. The summed E-state index contributed by atoms with van der Waals surface area (Å²) in [7, 11) is 0. The maximum absolute atomic E-state index is 12.5. The second-order valence-electron chi connectivity index (χ2n) is 5.91.